The summed E-state index contributed by atoms with van der Waals surface area (Å²) in [7, 11) is 1.89. The van der Waals surface area contributed by atoms with Gasteiger partial charge in [-0.05, 0) is 26.2 Å². The largest absolute Gasteiger partial charge is 0.356 e. The van der Waals surface area contributed by atoms with Gasteiger partial charge in [-0.1, -0.05) is 29.8 Å². The van der Waals surface area contributed by atoms with Crippen LogP contribution in [0.2, 0.25) is 0 Å². The van der Waals surface area contributed by atoms with Crippen LogP contribution < -0.4 is 0 Å². The Labute approximate surface area is 110 Å². The number of aryl methyl sites for hydroxylation is 1. The van der Waals surface area contributed by atoms with E-state index in [1.165, 1.54) is 30.4 Å². The van der Waals surface area contributed by atoms with Crippen LogP contribution in [0.1, 0.15) is 30.4 Å². The van der Waals surface area contributed by atoms with Crippen LogP contribution in [-0.2, 0) is 0 Å². The topological polar surface area (TPSA) is 15.6 Å². The van der Waals surface area contributed by atoms with Gasteiger partial charge in [-0.15, -0.1) is 12.4 Å². The third-order valence-corrected chi connectivity index (χ3v) is 3.18. The first-order valence-corrected chi connectivity index (χ1v) is 6.10. The Morgan fingerprint density at radius 1 is 1.06 bits per heavy atom. The van der Waals surface area contributed by atoms with Crippen LogP contribution in [0.15, 0.2) is 29.3 Å². The average molecular weight is 253 g/mol. The van der Waals surface area contributed by atoms with Gasteiger partial charge in [-0.3, -0.25) is 4.99 Å². The lowest BCUT2D eigenvalue weighted by Gasteiger charge is -2.29. The average Bonchev–Trinajstić information content (AvgIpc) is 2.34. The van der Waals surface area contributed by atoms with E-state index >= 15 is 0 Å². The van der Waals surface area contributed by atoms with Gasteiger partial charge in [-0.2, -0.15) is 0 Å². The second-order valence-corrected chi connectivity index (χ2v) is 4.46. The summed E-state index contributed by atoms with van der Waals surface area (Å²) in [6.07, 6.45) is 3.96. The predicted molar refractivity (Wildman–Crippen MR) is 76.3 cm³/mol. The van der Waals surface area contributed by atoms with Crippen molar-refractivity contribution in [3.8, 4) is 0 Å². The molecule has 1 aromatic carbocycles. The van der Waals surface area contributed by atoms with Gasteiger partial charge in [0.2, 0.25) is 0 Å². The minimum Gasteiger partial charge on any atom is -0.356 e. The molecule has 0 N–H and O–H groups in total. The van der Waals surface area contributed by atoms with Gasteiger partial charge in [0.25, 0.3) is 0 Å². The molecule has 1 saturated heterocycles. The second-order valence-electron chi connectivity index (χ2n) is 4.46. The predicted octanol–water partition coefficient (Wildman–Crippen LogP) is 3.28. The molecule has 0 unspecified atom stereocenters. The first-order chi connectivity index (χ1) is 7.81. The van der Waals surface area contributed by atoms with Gasteiger partial charge in [0.05, 0.1) is 0 Å². The normalized spacial score (nSPS) is 16.6. The summed E-state index contributed by atoms with van der Waals surface area (Å²) >= 11 is 0. The molecule has 0 atom stereocenters. The van der Waals surface area contributed by atoms with Crippen LogP contribution >= 0.6 is 12.4 Å². The van der Waals surface area contributed by atoms with Crippen molar-refractivity contribution in [1.82, 2.24) is 4.90 Å². The lowest BCUT2D eigenvalue weighted by atomic mass is 10.1. The summed E-state index contributed by atoms with van der Waals surface area (Å²) in [6.45, 7) is 4.43. The number of piperidine rings is 1. The van der Waals surface area contributed by atoms with E-state index in [4.69, 9.17) is 0 Å². The van der Waals surface area contributed by atoms with Gasteiger partial charge in [-0.25, -0.2) is 0 Å². The molecule has 0 amide bonds. The molecule has 3 heteroatoms. The molecule has 0 aromatic heterocycles. The monoisotopic (exact) mass is 252 g/mol. The van der Waals surface area contributed by atoms with Crippen LogP contribution in [-0.4, -0.2) is 30.9 Å². The maximum Gasteiger partial charge on any atom is 0.130 e. The SMILES string of the molecule is CN=C(c1ccc(C)cc1)N1CCCCC1.Cl. The van der Waals surface area contributed by atoms with E-state index in [1.54, 1.807) is 0 Å². The highest BCUT2D eigenvalue weighted by Gasteiger charge is 2.15. The molecule has 0 saturated carbocycles. The van der Waals surface area contributed by atoms with Crippen LogP contribution in [0.3, 0.4) is 0 Å². The maximum absolute atomic E-state index is 4.45. The van der Waals surface area contributed by atoms with Crippen molar-refractivity contribution in [3.63, 3.8) is 0 Å². The second kappa shape index (κ2) is 6.65. The van der Waals surface area contributed by atoms with E-state index in [-0.39, 0.29) is 12.4 Å². The highest BCUT2D eigenvalue weighted by Crippen LogP contribution is 2.14. The number of nitrogens with zero attached hydrogens (tertiary/aromatic N) is 2. The van der Waals surface area contributed by atoms with Crippen LogP contribution in [0, 0.1) is 6.92 Å². The molecule has 0 aliphatic carbocycles. The summed E-state index contributed by atoms with van der Waals surface area (Å²) in [5, 5.41) is 0. The highest BCUT2D eigenvalue weighted by molar-refractivity contribution is 5.98. The van der Waals surface area contributed by atoms with Gasteiger partial charge in [0.1, 0.15) is 5.84 Å². The molecular formula is C14H21ClN2. The smallest absolute Gasteiger partial charge is 0.130 e. The van der Waals surface area contributed by atoms with Crippen molar-refractivity contribution in [2.75, 3.05) is 20.1 Å². The third-order valence-electron chi connectivity index (χ3n) is 3.18. The van der Waals surface area contributed by atoms with E-state index in [0.29, 0.717) is 0 Å². The summed E-state index contributed by atoms with van der Waals surface area (Å²) in [6, 6.07) is 8.66. The first kappa shape index (κ1) is 14.0. The molecule has 0 bridgehead atoms. The number of amidine groups is 1. The van der Waals surface area contributed by atoms with Crippen molar-refractivity contribution in [2.45, 2.75) is 26.2 Å². The Morgan fingerprint density at radius 2 is 1.65 bits per heavy atom. The lowest BCUT2D eigenvalue weighted by molar-refractivity contribution is 0.342. The zero-order valence-electron chi connectivity index (χ0n) is 10.6. The van der Waals surface area contributed by atoms with Gasteiger partial charge in [0, 0.05) is 25.7 Å². The number of aliphatic imine (C=N–C) groups is 1. The Kier molecular flexibility index (Phi) is 5.49. The molecule has 1 aliphatic rings. The minimum atomic E-state index is 0. The zero-order chi connectivity index (χ0) is 11.4. The number of benzene rings is 1. The summed E-state index contributed by atoms with van der Waals surface area (Å²) in [5.41, 5.74) is 2.55. The Bertz CT molecular complexity index is 364. The quantitative estimate of drug-likeness (QED) is 0.553. The first-order valence-electron chi connectivity index (χ1n) is 6.10. The number of hydrogen-bond acceptors (Lipinski definition) is 1. The fourth-order valence-corrected chi connectivity index (χ4v) is 2.26. The molecule has 2 rings (SSSR count). The third kappa shape index (κ3) is 3.47. The van der Waals surface area contributed by atoms with Crippen LogP contribution in [0.5, 0.6) is 0 Å². The Hall–Kier alpha value is -1.02. The number of rotatable bonds is 1. The minimum absolute atomic E-state index is 0. The van der Waals surface area contributed by atoms with E-state index in [9.17, 15) is 0 Å². The molecule has 94 valence electrons. The number of likely N-dealkylation sites (tertiary alicyclic amines) is 1. The molecule has 1 fully saturated rings. The van der Waals surface area contributed by atoms with Crippen molar-refractivity contribution in [1.29, 1.82) is 0 Å². The van der Waals surface area contributed by atoms with Crippen LogP contribution in [0.25, 0.3) is 0 Å². The number of hydrogen-bond donors (Lipinski definition) is 0. The molecule has 1 heterocycles. The van der Waals surface area contributed by atoms with Crippen molar-refractivity contribution >= 4 is 18.2 Å². The fourth-order valence-electron chi connectivity index (χ4n) is 2.26. The molecule has 17 heavy (non-hydrogen) atoms. The standard InChI is InChI=1S/C14H20N2.ClH/c1-12-6-8-13(9-7-12)14(15-2)16-10-4-3-5-11-16;/h6-9H,3-5,10-11H2,1-2H3;1H. The molecule has 0 radical (unpaired) electrons. The molecule has 1 aliphatic heterocycles. The lowest BCUT2D eigenvalue weighted by Crippen LogP contribution is -2.36. The molecular weight excluding hydrogens is 232 g/mol. The summed E-state index contributed by atoms with van der Waals surface area (Å²) in [5.74, 6) is 1.15. The van der Waals surface area contributed by atoms with Gasteiger partial charge in [0.15, 0.2) is 0 Å². The molecule has 1 aromatic rings. The van der Waals surface area contributed by atoms with Gasteiger partial charge >= 0.3 is 0 Å². The van der Waals surface area contributed by atoms with Crippen molar-refractivity contribution in [2.24, 2.45) is 4.99 Å². The Morgan fingerprint density at radius 3 is 2.18 bits per heavy atom. The Balaban J connectivity index is 0.00000144. The summed E-state index contributed by atoms with van der Waals surface area (Å²) < 4.78 is 0. The fraction of sp³-hybridized carbons (Fsp3) is 0.500. The van der Waals surface area contributed by atoms with Crippen LogP contribution in [0.4, 0.5) is 0 Å². The summed E-state index contributed by atoms with van der Waals surface area (Å²) in [4.78, 5) is 6.87. The maximum atomic E-state index is 4.45. The highest BCUT2D eigenvalue weighted by atomic mass is 35.5. The van der Waals surface area contributed by atoms with E-state index in [0.717, 1.165) is 18.9 Å². The van der Waals surface area contributed by atoms with E-state index < -0.39 is 0 Å². The van der Waals surface area contributed by atoms with E-state index in [2.05, 4.69) is 41.1 Å². The molecule has 0 spiro atoms. The van der Waals surface area contributed by atoms with E-state index in [1.807, 2.05) is 7.05 Å². The zero-order valence-corrected chi connectivity index (χ0v) is 11.5. The molecule has 2 nitrogen and oxygen atoms in total. The number of halogens is 1. The van der Waals surface area contributed by atoms with Crippen molar-refractivity contribution < 1.29 is 0 Å². The van der Waals surface area contributed by atoms with Crippen molar-refractivity contribution in [3.05, 3.63) is 35.4 Å². The van der Waals surface area contributed by atoms with Gasteiger partial charge < -0.3 is 4.90 Å².